The Morgan fingerprint density at radius 3 is 2.53 bits per heavy atom. The minimum atomic E-state index is -0.866. The molecule has 5 heteroatoms. The minimum Gasteiger partial charge on any atom is -0.389 e. The van der Waals surface area contributed by atoms with Crippen molar-refractivity contribution in [1.29, 1.82) is 0 Å². The lowest BCUT2D eigenvalue weighted by molar-refractivity contribution is 0.0477. The maximum Gasteiger partial charge on any atom is 0.317 e. The van der Waals surface area contributed by atoms with Gasteiger partial charge in [0, 0.05) is 20.2 Å². The number of hydrogen-bond acceptors (Lipinski definition) is 3. The van der Waals surface area contributed by atoms with Crippen LogP contribution in [0.4, 0.5) is 4.79 Å². The molecule has 0 rings (SSSR count). The molecule has 90 valence electrons. The van der Waals surface area contributed by atoms with Crippen LogP contribution in [0.2, 0.25) is 0 Å². The summed E-state index contributed by atoms with van der Waals surface area (Å²) in [5.74, 6) is 0. The van der Waals surface area contributed by atoms with Gasteiger partial charge in [0.2, 0.25) is 0 Å². The second kappa shape index (κ2) is 6.63. The largest absolute Gasteiger partial charge is 0.389 e. The van der Waals surface area contributed by atoms with Gasteiger partial charge >= 0.3 is 6.03 Å². The highest BCUT2D eigenvalue weighted by atomic mass is 16.5. The van der Waals surface area contributed by atoms with Crippen LogP contribution in [0.1, 0.15) is 20.8 Å². The molecule has 0 bridgehead atoms. The Morgan fingerprint density at radius 1 is 1.53 bits per heavy atom. The number of carbonyl (C=O) groups is 1. The second-order valence-electron chi connectivity index (χ2n) is 4.05. The Morgan fingerprint density at radius 2 is 2.13 bits per heavy atom. The molecule has 0 fully saturated rings. The summed E-state index contributed by atoms with van der Waals surface area (Å²) in [6.07, 6.45) is 0. The van der Waals surface area contributed by atoms with Crippen molar-refractivity contribution in [3.05, 3.63) is 0 Å². The van der Waals surface area contributed by atoms with E-state index < -0.39 is 5.60 Å². The van der Waals surface area contributed by atoms with Crippen LogP contribution in [0.5, 0.6) is 0 Å². The Labute approximate surface area is 91.4 Å². The number of ether oxygens (including phenoxy) is 1. The molecule has 0 spiro atoms. The molecule has 0 saturated heterocycles. The third-order valence-corrected chi connectivity index (χ3v) is 1.83. The van der Waals surface area contributed by atoms with Crippen LogP contribution in [0.3, 0.4) is 0 Å². The van der Waals surface area contributed by atoms with Crippen molar-refractivity contribution < 1.29 is 14.6 Å². The SMILES string of the molecule is CCN(CC(C)(C)O)C(=O)NCCOC. The van der Waals surface area contributed by atoms with E-state index in [1.165, 1.54) is 0 Å². The molecule has 0 aromatic rings. The standard InChI is InChI=1S/C10H22N2O3/c1-5-12(8-10(2,3)14)9(13)11-6-7-15-4/h14H,5-8H2,1-4H3,(H,11,13). The Kier molecular flexibility index (Phi) is 6.27. The number of aliphatic hydroxyl groups is 1. The molecule has 2 amide bonds. The van der Waals surface area contributed by atoms with Crippen molar-refractivity contribution >= 4 is 6.03 Å². The summed E-state index contributed by atoms with van der Waals surface area (Å²) in [6.45, 7) is 7.10. The van der Waals surface area contributed by atoms with Crippen LogP contribution in [-0.4, -0.2) is 55.0 Å². The van der Waals surface area contributed by atoms with Crippen LogP contribution in [0, 0.1) is 0 Å². The van der Waals surface area contributed by atoms with Gasteiger partial charge in [0.25, 0.3) is 0 Å². The lowest BCUT2D eigenvalue weighted by atomic mass is 10.1. The highest BCUT2D eigenvalue weighted by Crippen LogP contribution is 2.04. The highest BCUT2D eigenvalue weighted by molar-refractivity contribution is 5.74. The number of hydrogen-bond donors (Lipinski definition) is 2. The summed E-state index contributed by atoms with van der Waals surface area (Å²) >= 11 is 0. The van der Waals surface area contributed by atoms with Gasteiger partial charge in [-0.25, -0.2) is 4.79 Å². The summed E-state index contributed by atoms with van der Waals surface area (Å²) in [6, 6.07) is -0.170. The number of urea groups is 1. The van der Waals surface area contributed by atoms with E-state index >= 15 is 0 Å². The molecule has 0 unspecified atom stereocenters. The fourth-order valence-corrected chi connectivity index (χ4v) is 1.17. The Balaban J connectivity index is 4.00. The van der Waals surface area contributed by atoms with Crippen molar-refractivity contribution in [1.82, 2.24) is 10.2 Å². The van der Waals surface area contributed by atoms with Crippen molar-refractivity contribution in [3.8, 4) is 0 Å². The minimum absolute atomic E-state index is 0.170. The molecule has 0 radical (unpaired) electrons. The fourth-order valence-electron chi connectivity index (χ4n) is 1.17. The zero-order chi connectivity index (χ0) is 11.9. The number of nitrogens with one attached hydrogen (secondary N) is 1. The molecule has 0 heterocycles. The van der Waals surface area contributed by atoms with Gasteiger partial charge in [-0.05, 0) is 20.8 Å². The average Bonchev–Trinajstić information content (AvgIpc) is 2.13. The van der Waals surface area contributed by atoms with E-state index in [4.69, 9.17) is 4.74 Å². The van der Waals surface area contributed by atoms with Gasteiger partial charge in [-0.15, -0.1) is 0 Å². The first-order valence-electron chi connectivity index (χ1n) is 5.14. The Hall–Kier alpha value is -0.810. The van der Waals surface area contributed by atoms with E-state index in [-0.39, 0.29) is 6.03 Å². The zero-order valence-electron chi connectivity index (χ0n) is 10.0. The lowest BCUT2D eigenvalue weighted by Gasteiger charge is -2.28. The molecule has 0 aliphatic carbocycles. The first kappa shape index (κ1) is 14.2. The van der Waals surface area contributed by atoms with E-state index in [0.29, 0.717) is 26.2 Å². The summed E-state index contributed by atoms with van der Waals surface area (Å²) in [7, 11) is 1.58. The topological polar surface area (TPSA) is 61.8 Å². The van der Waals surface area contributed by atoms with E-state index in [0.717, 1.165) is 0 Å². The summed E-state index contributed by atoms with van der Waals surface area (Å²) in [5.41, 5.74) is -0.866. The smallest absolute Gasteiger partial charge is 0.317 e. The summed E-state index contributed by atoms with van der Waals surface area (Å²) < 4.78 is 4.82. The predicted octanol–water partition coefficient (Wildman–Crippen LogP) is 0.435. The fraction of sp³-hybridized carbons (Fsp3) is 0.900. The number of carbonyl (C=O) groups excluding carboxylic acids is 1. The van der Waals surface area contributed by atoms with Gasteiger partial charge in [0.1, 0.15) is 0 Å². The molecule has 0 aliphatic heterocycles. The van der Waals surface area contributed by atoms with Crippen LogP contribution >= 0.6 is 0 Å². The molecular formula is C10H22N2O3. The van der Waals surface area contributed by atoms with Crippen molar-refractivity contribution in [3.63, 3.8) is 0 Å². The number of likely N-dealkylation sites (N-methyl/N-ethyl adjacent to an activating group) is 1. The monoisotopic (exact) mass is 218 g/mol. The molecule has 0 aromatic heterocycles. The zero-order valence-corrected chi connectivity index (χ0v) is 10.0. The lowest BCUT2D eigenvalue weighted by Crippen LogP contribution is -2.47. The third-order valence-electron chi connectivity index (χ3n) is 1.83. The van der Waals surface area contributed by atoms with E-state index in [9.17, 15) is 9.90 Å². The Bertz CT molecular complexity index is 190. The number of methoxy groups -OCH3 is 1. The van der Waals surface area contributed by atoms with Crippen molar-refractivity contribution in [2.24, 2.45) is 0 Å². The van der Waals surface area contributed by atoms with E-state index in [2.05, 4.69) is 5.32 Å². The molecule has 5 nitrogen and oxygen atoms in total. The van der Waals surface area contributed by atoms with Crippen LogP contribution in [0.25, 0.3) is 0 Å². The molecule has 15 heavy (non-hydrogen) atoms. The molecule has 0 aliphatic rings. The van der Waals surface area contributed by atoms with Crippen molar-refractivity contribution in [2.75, 3.05) is 33.4 Å². The maximum atomic E-state index is 11.6. The summed E-state index contributed by atoms with van der Waals surface area (Å²) in [5, 5.41) is 12.3. The second-order valence-corrected chi connectivity index (χ2v) is 4.05. The molecular weight excluding hydrogens is 196 g/mol. The highest BCUT2D eigenvalue weighted by Gasteiger charge is 2.20. The number of nitrogens with zero attached hydrogens (tertiary/aromatic N) is 1. The van der Waals surface area contributed by atoms with E-state index in [1.807, 2.05) is 6.92 Å². The molecule has 0 atom stereocenters. The van der Waals surface area contributed by atoms with Gasteiger partial charge in [0.15, 0.2) is 0 Å². The van der Waals surface area contributed by atoms with Gasteiger partial charge in [-0.1, -0.05) is 0 Å². The van der Waals surface area contributed by atoms with Crippen molar-refractivity contribution in [2.45, 2.75) is 26.4 Å². The van der Waals surface area contributed by atoms with Crippen LogP contribution in [-0.2, 0) is 4.74 Å². The first-order chi connectivity index (χ1) is 6.90. The normalized spacial score (nSPS) is 11.3. The van der Waals surface area contributed by atoms with E-state index in [1.54, 1.807) is 25.9 Å². The number of amides is 2. The predicted molar refractivity (Wildman–Crippen MR) is 58.8 cm³/mol. The van der Waals surface area contributed by atoms with Crippen LogP contribution < -0.4 is 5.32 Å². The average molecular weight is 218 g/mol. The number of rotatable bonds is 6. The first-order valence-corrected chi connectivity index (χ1v) is 5.14. The van der Waals surface area contributed by atoms with Crippen LogP contribution in [0.15, 0.2) is 0 Å². The summed E-state index contributed by atoms with van der Waals surface area (Å²) in [4.78, 5) is 13.1. The molecule has 0 saturated carbocycles. The van der Waals surface area contributed by atoms with Gasteiger partial charge in [0.05, 0.1) is 18.8 Å². The third kappa shape index (κ3) is 7.16. The quantitative estimate of drug-likeness (QED) is 0.636. The molecule has 0 aromatic carbocycles. The van der Waals surface area contributed by atoms with Gasteiger partial charge in [-0.2, -0.15) is 0 Å². The van der Waals surface area contributed by atoms with Gasteiger partial charge < -0.3 is 20.1 Å². The molecule has 2 N–H and O–H groups in total. The van der Waals surface area contributed by atoms with Gasteiger partial charge in [-0.3, -0.25) is 0 Å². The maximum absolute atomic E-state index is 11.6.